The minimum Gasteiger partial charge on any atom is -0.493 e. The van der Waals surface area contributed by atoms with Crippen LogP contribution in [0, 0.1) is 11.3 Å². The van der Waals surface area contributed by atoms with E-state index in [0.717, 1.165) is 10.2 Å². The highest BCUT2D eigenvalue weighted by atomic mass is 79.9. The van der Waals surface area contributed by atoms with E-state index in [0.29, 0.717) is 26.3 Å². The highest BCUT2D eigenvalue weighted by molar-refractivity contribution is 9.10. The van der Waals surface area contributed by atoms with Crippen LogP contribution in [0.4, 0.5) is 5.69 Å². The molecule has 1 amide bonds. The number of nitriles is 1. The van der Waals surface area contributed by atoms with Crippen molar-refractivity contribution >= 4 is 70.8 Å². The van der Waals surface area contributed by atoms with Crippen LogP contribution in [0.25, 0.3) is 21.9 Å². The van der Waals surface area contributed by atoms with E-state index in [1.807, 2.05) is 24.3 Å². The van der Waals surface area contributed by atoms with Crippen molar-refractivity contribution < 1.29 is 22.1 Å². The van der Waals surface area contributed by atoms with Crippen molar-refractivity contribution in [1.82, 2.24) is 4.98 Å². The van der Waals surface area contributed by atoms with Gasteiger partial charge in [0, 0.05) is 12.6 Å². The fourth-order valence-electron chi connectivity index (χ4n) is 3.27. The summed E-state index contributed by atoms with van der Waals surface area (Å²) in [4.78, 5) is 15.6. The number of anilines is 1. The van der Waals surface area contributed by atoms with E-state index < -0.39 is 10.1 Å². The lowest BCUT2D eigenvalue weighted by molar-refractivity contribution is -0.114. The van der Waals surface area contributed by atoms with Gasteiger partial charge in [0.2, 0.25) is 5.91 Å². The minimum absolute atomic E-state index is 0.0425. The minimum atomic E-state index is -4.21. The lowest BCUT2D eigenvalue weighted by Gasteiger charge is -2.14. The van der Waals surface area contributed by atoms with Gasteiger partial charge >= 0.3 is 10.1 Å². The van der Waals surface area contributed by atoms with Gasteiger partial charge in [0.25, 0.3) is 0 Å². The molecule has 0 radical (unpaired) electrons. The van der Waals surface area contributed by atoms with Crippen LogP contribution in [0.1, 0.15) is 17.5 Å². The van der Waals surface area contributed by atoms with Gasteiger partial charge in [0.1, 0.15) is 16.0 Å². The predicted octanol–water partition coefficient (Wildman–Crippen LogP) is 5.86. The van der Waals surface area contributed by atoms with Gasteiger partial charge in [-0.15, -0.1) is 11.3 Å². The van der Waals surface area contributed by atoms with Crippen molar-refractivity contribution in [3.63, 3.8) is 0 Å². The van der Waals surface area contributed by atoms with Crippen molar-refractivity contribution in [2.45, 2.75) is 11.8 Å². The molecule has 0 saturated carbocycles. The molecule has 1 N–H and O–H groups in total. The molecular formula is C25H18BrN3O5S2. The molecule has 36 heavy (non-hydrogen) atoms. The summed E-state index contributed by atoms with van der Waals surface area (Å²) < 4.78 is 37.8. The molecule has 1 aromatic heterocycles. The van der Waals surface area contributed by atoms with E-state index in [-0.39, 0.29) is 22.3 Å². The van der Waals surface area contributed by atoms with Gasteiger partial charge in [-0.1, -0.05) is 12.1 Å². The summed E-state index contributed by atoms with van der Waals surface area (Å²) in [7, 11) is -2.83. The fourth-order valence-corrected chi connectivity index (χ4v) is 5.80. The number of benzene rings is 3. The van der Waals surface area contributed by atoms with Gasteiger partial charge in [-0.25, -0.2) is 4.98 Å². The molecule has 0 aliphatic carbocycles. The Morgan fingerprint density at radius 1 is 1.17 bits per heavy atom. The summed E-state index contributed by atoms with van der Waals surface area (Å²) in [5.41, 5.74) is 2.19. The Balaban J connectivity index is 1.65. The zero-order valence-corrected chi connectivity index (χ0v) is 22.2. The van der Waals surface area contributed by atoms with Crippen LogP contribution >= 0.6 is 27.3 Å². The van der Waals surface area contributed by atoms with Crippen molar-refractivity contribution in [1.29, 1.82) is 5.26 Å². The lowest BCUT2D eigenvalue weighted by atomic mass is 10.1. The first-order valence-corrected chi connectivity index (χ1v) is 13.4. The van der Waals surface area contributed by atoms with E-state index in [1.165, 1.54) is 49.6 Å². The maximum atomic E-state index is 12.9. The highest BCUT2D eigenvalue weighted by Crippen LogP contribution is 2.39. The van der Waals surface area contributed by atoms with Crippen LogP contribution in [0.2, 0.25) is 0 Å². The zero-order valence-electron chi connectivity index (χ0n) is 19.0. The summed E-state index contributed by atoms with van der Waals surface area (Å²) in [6.45, 7) is 1.36. The monoisotopic (exact) mass is 583 g/mol. The standard InChI is InChI=1S/C25H18BrN3O5S2/c1-15(30)28-18-7-9-19(10-8-18)36(31,32)34-24-20(26)12-16(13-22(24)33-2)11-17(14-27)25-29-21-5-3-4-6-23(21)35-25/h3-13H,1-2H3,(H,28,30)/b17-11+. The van der Waals surface area contributed by atoms with E-state index in [1.54, 1.807) is 18.2 Å². The molecule has 0 unspecified atom stereocenters. The number of aromatic nitrogens is 1. The number of allylic oxidation sites excluding steroid dienone is 1. The van der Waals surface area contributed by atoms with E-state index in [4.69, 9.17) is 8.92 Å². The molecule has 1 heterocycles. The number of carbonyl (C=O) groups excluding carboxylic acids is 1. The van der Waals surface area contributed by atoms with Gasteiger partial charge in [-0.3, -0.25) is 4.79 Å². The van der Waals surface area contributed by atoms with E-state index in [2.05, 4.69) is 32.3 Å². The number of halogens is 1. The van der Waals surface area contributed by atoms with E-state index in [9.17, 15) is 18.5 Å². The van der Waals surface area contributed by atoms with Crippen LogP contribution in [-0.2, 0) is 14.9 Å². The van der Waals surface area contributed by atoms with Crippen LogP contribution < -0.4 is 14.2 Å². The molecule has 0 fully saturated rings. The Hall–Kier alpha value is -3.72. The Labute approximate surface area is 220 Å². The second kappa shape index (κ2) is 10.5. The maximum absolute atomic E-state index is 12.9. The Morgan fingerprint density at radius 2 is 1.89 bits per heavy atom. The number of carbonyl (C=O) groups is 1. The molecule has 0 aliphatic heterocycles. The number of methoxy groups -OCH3 is 1. The summed E-state index contributed by atoms with van der Waals surface area (Å²) in [6, 6.07) is 18.6. The lowest BCUT2D eigenvalue weighted by Crippen LogP contribution is -2.11. The molecule has 0 bridgehead atoms. The molecule has 4 aromatic rings. The average molecular weight is 584 g/mol. The van der Waals surface area contributed by atoms with Crippen LogP contribution in [0.5, 0.6) is 11.5 Å². The first-order chi connectivity index (χ1) is 17.2. The Bertz CT molecular complexity index is 1610. The molecular weight excluding hydrogens is 566 g/mol. The first kappa shape index (κ1) is 25.4. The molecule has 3 aromatic carbocycles. The third-order valence-corrected chi connectivity index (χ3v) is 7.76. The summed E-state index contributed by atoms with van der Waals surface area (Å²) in [5, 5.41) is 12.9. The topological polar surface area (TPSA) is 118 Å². The normalized spacial score (nSPS) is 11.7. The molecule has 182 valence electrons. The molecule has 0 aliphatic rings. The second-order valence-electron chi connectivity index (χ2n) is 7.43. The van der Waals surface area contributed by atoms with E-state index >= 15 is 0 Å². The number of nitrogens with zero attached hydrogens (tertiary/aromatic N) is 2. The fraction of sp³-hybridized carbons (Fsp3) is 0.0800. The van der Waals surface area contributed by atoms with Crippen LogP contribution in [0.3, 0.4) is 0 Å². The van der Waals surface area contributed by atoms with Gasteiger partial charge in [0.15, 0.2) is 11.5 Å². The molecule has 0 atom stereocenters. The first-order valence-electron chi connectivity index (χ1n) is 10.4. The zero-order chi connectivity index (χ0) is 25.9. The number of fused-ring (bicyclic) bond motifs is 1. The predicted molar refractivity (Wildman–Crippen MR) is 142 cm³/mol. The van der Waals surface area contributed by atoms with Crippen LogP contribution in [-0.4, -0.2) is 26.4 Å². The van der Waals surface area contributed by atoms with Gasteiger partial charge in [0.05, 0.1) is 27.4 Å². The number of ether oxygens (including phenoxy) is 1. The SMILES string of the molecule is COc1cc(/C=C(\C#N)c2nc3ccccc3s2)cc(Br)c1OS(=O)(=O)c1ccc(NC(C)=O)cc1. The molecule has 8 nitrogen and oxygen atoms in total. The number of nitrogens with one attached hydrogen (secondary N) is 1. The second-order valence-corrected chi connectivity index (χ2v) is 10.9. The van der Waals surface area contributed by atoms with Crippen molar-refractivity contribution in [3.05, 3.63) is 75.7 Å². The third kappa shape index (κ3) is 5.57. The number of amides is 1. The summed E-state index contributed by atoms with van der Waals surface area (Å²) in [6.07, 6.45) is 1.64. The molecule has 11 heteroatoms. The van der Waals surface area contributed by atoms with Crippen molar-refractivity contribution in [3.8, 4) is 17.6 Å². The Kier molecular flexibility index (Phi) is 7.40. The molecule has 0 saturated heterocycles. The van der Waals surface area contributed by atoms with Crippen molar-refractivity contribution in [2.24, 2.45) is 0 Å². The summed E-state index contributed by atoms with van der Waals surface area (Å²) in [5.74, 6) is -0.165. The quantitative estimate of drug-likeness (QED) is 0.214. The van der Waals surface area contributed by atoms with Crippen molar-refractivity contribution in [2.75, 3.05) is 12.4 Å². The Morgan fingerprint density at radius 3 is 2.53 bits per heavy atom. The molecule has 4 rings (SSSR count). The number of hydrogen-bond donors (Lipinski definition) is 1. The smallest absolute Gasteiger partial charge is 0.339 e. The number of para-hydroxylation sites is 1. The van der Waals surface area contributed by atoms with Gasteiger partial charge < -0.3 is 14.2 Å². The maximum Gasteiger partial charge on any atom is 0.339 e. The van der Waals surface area contributed by atoms with Crippen LogP contribution in [0.15, 0.2) is 70.0 Å². The average Bonchev–Trinajstić information content (AvgIpc) is 3.28. The molecule has 0 spiro atoms. The largest absolute Gasteiger partial charge is 0.493 e. The summed E-state index contributed by atoms with van der Waals surface area (Å²) >= 11 is 4.76. The van der Waals surface area contributed by atoms with Gasteiger partial charge in [-0.05, 0) is 76.1 Å². The number of hydrogen-bond acceptors (Lipinski definition) is 8. The third-order valence-electron chi connectivity index (χ3n) is 4.86. The highest BCUT2D eigenvalue weighted by Gasteiger charge is 2.22. The number of rotatable bonds is 7. The van der Waals surface area contributed by atoms with Gasteiger partial charge in [-0.2, -0.15) is 13.7 Å². The number of thiazole rings is 1.